The summed E-state index contributed by atoms with van der Waals surface area (Å²) < 4.78 is 10.3. The van der Waals surface area contributed by atoms with Gasteiger partial charge in [-0.2, -0.15) is 0 Å². The molecule has 0 fully saturated rings. The Morgan fingerprint density at radius 2 is 1.16 bits per heavy atom. The Bertz CT molecular complexity index is 507. The number of rotatable bonds is 4. The van der Waals surface area contributed by atoms with Crippen LogP contribution >= 0.6 is 0 Å². The van der Waals surface area contributed by atoms with Crippen molar-refractivity contribution >= 4 is 5.57 Å². The third-order valence-electron chi connectivity index (χ3n) is 2.97. The highest BCUT2D eigenvalue weighted by molar-refractivity contribution is 5.79. The van der Waals surface area contributed by atoms with Gasteiger partial charge in [0.05, 0.1) is 14.2 Å². The van der Waals surface area contributed by atoms with Crippen LogP contribution in [0.2, 0.25) is 0 Å². The summed E-state index contributed by atoms with van der Waals surface area (Å²) in [5.74, 6) is 1.66. The molecule has 0 spiro atoms. The van der Waals surface area contributed by atoms with Crippen molar-refractivity contribution in [1.29, 1.82) is 0 Å². The molecular formula is C16H17NO2. The molecule has 0 aromatic heterocycles. The number of methoxy groups -OCH3 is 2. The quantitative estimate of drug-likeness (QED) is 0.913. The van der Waals surface area contributed by atoms with Gasteiger partial charge in [0.1, 0.15) is 11.5 Å². The molecular weight excluding hydrogens is 238 g/mol. The summed E-state index contributed by atoms with van der Waals surface area (Å²) in [6.07, 6.45) is 1.61. The van der Waals surface area contributed by atoms with Gasteiger partial charge < -0.3 is 15.2 Å². The summed E-state index contributed by atoms with van der Waals surface area (Å²) in [6, 6.07) is 15.6. The van der Waals surface area contributed by atoms with Crippen LogP contribution in [0.25, 0.3) is 5.57 Å². The summed E-state index contributed by atoms with van der Waals surface area (Å²) in [7, 11) is 3.30. The van der Waals surface area contributed by atoms with E-state index in [1.807, 2.05) is 48.5 Å². The second-order valence-corrected chi connectivity index (χ2v) is 4.04. The van der Waals surface area contributed by atoms with E-state index in [9.17, 15) is 0 Å². The van der Waals surface area contributed by atoms with Gasteiger partial charge in [-0.15, -0.1) is 0 Å². The standard InChI is InChI=1S/C16H17NO2/c1-18-14-7-3-12(4-8-14)16(11-17)13-5-9-15(19-2)10-6-13/h3-11H,17H2,1-2H3. The summed E-state index contributed by atoms with van der Waals surface area (Å²) in [4.78, 5) is 0. The molecule has 0 aliphatic heterocycles. The Balaban J connectivity index is 2.32. The smallest absolute Gasteiger partial charge is 0.118 e. The molecule has 98 valence electrons. The molecule has 3 nitrogen and oxygen atoms in total. The Morgan fingerprint density at radius 3 is 1.42 bits per heavy atom. The molecule has 0 aliphatic rings. The van der Waals surface area contributed by atoms with E-state index in [0.717, 1.165) is 28.2 Å². The van der Waals surface area contributed by atoms with Gasteiger partial charge in [-0.05, 0) is 35.4 Å². The summed E-state index contributed by atoms with van der Waals surface area (Å²) in [5, 5.41) is 0. The van der Waals surface area contributed by atoms with Gasteiger partial charge in [-0.3, -0.25) is 0 Å². The summed E-state index contributed by atoms with van der Waals surface area (Å²) in [5.41, 5.74) is 8.83. The fraction of sp³-hybridized carbons (Fsp3) is 0.125. The van der Waals surface area contributed by atoms with Crippen molar-refractivity contribution in [3.05, 3.63) is 65.9 Å². The van der Waals surface area contributed by atoms with Crippen LogP contribution in [0.15, 0.2) is 54.7 Å². The Labute approximate surface area is 113 Å². The van der Waals surface area contributed by atoms with Gasteiger partial charge in [0.15, 0.2) is 0 Å². The predicted octanol–water partition coefficient (Wildman–Crippen LogP) is 3.05. The Kier molecular flexibility index (Phi) is 4.08. The minimum absolute atomic E-state index is 0.829. The predicted molar refractivity (Wildman–Crippen MR) is 77.3 cm³/mol. The molecule has 0 saturated heterocycles. The molecule has 0 unspecified atom stereocenters. The fourth-order valence-corrected chi connectivity index (χ4v) is 1.90. The van der Waals surface area contributed by atoms with E-state index in [0.29, 0.717) is 0 Å². The minimum Gasteiger partial charge on any atom is -0.497 e. The van der Waals surface area contributed by atoms with Gasteiger partial charge in [0, 0.05) is 11.8 Å². The molecule has 2 rings (SSSR count). The monoisotopic (exact) mass is 255 g/mol. The van der Waals surface area contributed by atoms with Crippen molar-refractivity contribution in [2.24, 2.45) is 5.73 Å². The molecule has 2 N–H and O–H groups in total. The normalized spacial score (nSPS) is 9.79. The van der Waals surface area contributed by atoms with Gasteiger partial charge in [-0.25, -0.2) is 0 Å². The number of ether oxygens (including phenoxy) is 2. The maximum atomic E-state index is 5.75. The lowest BCUT2D eigenvalue weighted by atomic mass is 9.99. The minimum atomic E-state index is 0.829. The van der Waals surface area contributed by atoms with E-state index >= 15 is 0 Å². The van der Waals surface area contributed by atoms with Gasteiger partial charge in [0.25, 0.3) is 0 Å². The lowest BCUT2D eigenvalue weighted by Crippen LogP contribution is -1.93. The van der Waals surface area contributed by atoms with Crippen molar-refractivity contribution < 1.29 is 9.47 Å². The van der Waals surface area contributed by atoms with Gasteiger partial charge in [0.2, 0.25) is 0 Å². The average Bonchev–Trinajstić information content (AvgIpc) is 2.49. The summed E-state index contributed by atoms with van der Waals surface area (Å²) in [6.45, 7) is 0. The van der Waals surface area contributed by atoms with Gasteiger partial charge >= 0.3 is 0 Å². The molecule has 0 atom stereocenters. The topological polar surface area (TPSA) is 44.5 Å². The lowest BCUT2D eigenvalue weighted by Gasteiger charge is -2.09. The molecule has 0 aliphatic carbocycles. The maximum absolute atomic E-state index is 5.75. The van der Waals surface area contributed by atoms with Crippen LogP contribution in [0.1, 0.15) is 11.1 Å². The SMILES string of the molecule is COc1ccc(C(=CN)c2ccc(OC)cc2)cc1. The van der Waals surface area contributed by atoms with Crippen LogP contribution in [0.3, 0.4) is 0 Å². The van der Waals surface area contributed by atoms with E-state index in [1.54, 1.807) is 20.4 Å². The molecule has 19 heavy (non-hydrogen) atoms. The lowest BCUT2D eigenvalue weighted by molar-refractivity contribution is 0.414. The maximum Gasteiger partial charge on any atom is 0.118 e. The molecule has 3 heteroatoms. The number of hydrogen-bond acceptors (Lipinski definition) is 3. The molecule has 2 aromatic rings. The highest BCUT2D eigenvalue weighted by Crippen LogP contribution is 2.25. The first-order chi connectivity index (χ1) is 9.28. The number of benzene rings is 2. The van der Waals surface area contributed by atoms with Crippen molar-refractivity contribution in [3.8, 4) is 11.5 Å². The molecule has 0 heterocycles. The van der Waals surface area contributed by atoms with E-state index in [1.165, 1.54) is 0 Å². The van der Waals surface area contributed by atoms with Crippen molar-refractivity contribution in [1.82, 2.24) is 0 Å². The largest absolute Gasteiger partial charge is 0.497 e. The zero-order valence-corrected chi connectivity index (χ0v) is 11.1. The second-order valence-electron chi connectivity index (χ2n) is 4.04. The number of hydrogen-bond donors (Lipinski definition) is 1. The van der Waals surface area contributed by atoms with E-state index in [2.05, 4.69) is 0 Å². The summed E-state index contributed by atoms with van der Waals surface area (Å²) >= 11 is 0. The molecule has 0 bridgehead atoms. The molecule has 0 amide bonds. The fourth-order valence-electron chi connectivity index (χ4n) is 1.90. The zero-order valence-electron chi connectivity index (χ0n) is 11.1. The molecule has 0 saturated carbocycles. The highest BCUT2D eigenvalue weighted by Gasteiger charge is 2.05. The first kappa shape index (κ1) is 13.0. The molecule has 2 aromatic carbocycles. The van der Waals surface area contributed by atoms with Gasteiger partial charge in [-0.1, -0.05) is 24.3 Å². The van der Waals surface area contributed by atoms with Crippen LogP contribution in [0.5, 0.6) is 11.5 Å². The third-order valence-corrected chi connectivity index (χ3v) is 2.97. The van der Waals surface area contributed by atoms with Crippen LogP contribution in [0.4, 0.5) is 0 Å². The van der Waals surface area contributed by atoms with Crippen molar-refractivity contribution in [2.45, 2.75) is 0 Å². The van der Waals surface area contributed by atoms with Crippen molar-refractivity contribution in [3.63, 3.8) is 0 Å². The Hall–Kier alpha value is -2.42. The number of nitrogens with two attached hydrogens (primary N) is 1. The van der Waals surface area contributed by atoms with Crippen molar-refractivity contribution in [2.75, 3.05) is 14.2 Å². The first-order valence-corrected chi connectivity index (χ1v) is 5.99. The Morgan fingerprint density at radius 1 is 0.789 bits per heavy atom. The second kappa shape index (κ2) is 5.96. The van der Waals surface area contributed by atoms with Crippen LogP contribution in [0, 0.1) is 0 Å². The highest BCUT2D eigenvalue weighted by atomic mass is 16.5. The van der Waals surface area contributed by atoms with E-state index in [-0.39, 0.29) is 0 Å². The van der Waals surface area contributed by atoms with E-state index in [4.69, 9.17) is 15.2 Å². The third kappa shape index (κ3) is 2.88. The molecule has 0 radical (unpaired) electrons. The van der Waals surface area contributed by atoms with Crippen LogP contribution in [-0.4, -0.2) is 14.2 Å². The average molecular weight is 255 g/mol. The zero-order chi connectivity index (χ0) is 13.7. The first-order valence-electron chi connectivity index (χ1n) is 5.99. The van der Waals surface area contributed by atoms with E-state index < -0.39 is 0 Å². The van der Waals surface area contributed by atoms with Crippen LogP contribution < -0.4 is 15.2 Å². The van der Waals surface area contributed by atoms with Crippen LogP contribution in [-0.2, 0) is 0 Å².